The Kier molecular flexibility index (Phi) is 4.78. The summed E-state index contributed by atoms with van der Waals surface area (Å²) in [4.78, 5) is 25.9. The number of carbonyl (C=O) groups excluding carboxylic acids is 2. The molecule has 1 saturated heterocycles. The lowest BCUT2D eigenvalue weighted by Gasteiger charge is -2.16. The molecule has 1 aromatic heterocycles. The fourth-order valence-corrected chi connectivity index (χ4v) is 4.35. The quantitative estimate of drug-likeness (QED) is 0.526. The zero-order chi connectivity index (χ0) is 19.8. The molecule has 1 N–H and O–H groups in total. The summed E-state index contributed by atoms with van der Waals surface area (Å²) in [6, 6.07) is 15.2. The smallest absolute Gasteiger partial charge is 0.285 e. The second-order valence-electron chi connectivity index (χ2n) is 6.49. The lowest BCUT2D eigenvalue weighted by molar-refractivity contribution is -0.123. The number of fused-ring (bicyclic) bond motifs is 1. The van der Waals surface area contributed by atoms with E-state index in [1.165, 1.54) is 11.8 Å². The van der Waals surface area contributed by atoms with Crippen molar-refractivity contribution in [2.45, 2.75) is 6.92 Å². The van der Waals surface area contributed by atoms with Crippen LogP contribution in [-0.2, 0) is 11.8 Å². The molecule has 0 bridgehead atoms. The van der Waals surface area contributed by atoms with Crippen molar-refractivity contribution in [2.24, 2.45) is 7.05 Å². The molecule has 2 aromatic carbocycles. The highest BCUT2D eigenvalue weighted by molar-refractivity contribution is 8.26. The van der Waals surface area contributed by atoms with Gasteiger partial charge in [0.25, 0.3) is 11.8 Å². The molecule has 0 saturated carbocycles. The Hall–Kier alpha value is -2.90. The van der Waals surface area contributed by atoms with Crippen molar-refractivity contribution in [3.05, 3.63) is 76.3 Å². The Morgan fingerprint density at radius 2 is 1.86 bits per heavy atom. The van der Waals surface area contributed by atoms with Crippen LogP contribution in [0.1, 0.15) is 21.5 Å². The van der Waals surface area contributed by atoms with Crippen LogP contribution >= 0.6 is 24.0 Å². The lowest BCUT2D eigenvalue weighted by Crippen LogP contribution is -2.45. The van der Waals surface area contributed by atoms with Crippen molar-refractivity contribution < 1.29 is 9.59 Å². The first-order chi connectivity index (χ1) is 13.5. The van der Waals surface area contributed by atoms with Crippen molar-refractivity contribution in [2.75, 3.05) is 0 Å². The summed E-state index contributed by atoms with van der Waals surface area (Å²) in [5.41, 5.74) is 5.98. The Bertz CT molecular complexity index is 1160. The van der Waals surface area contributed by atoms with Crippen molar-refractivity contribution in [1.82, 2.24) is 15.0 Å². The van der Waals surface area contributed by atoms with Crippen molar-refractivity contribution in [3.8, 4) is 0 Å². The highest BCUT2D eigenvalue weighted by atomic mass is 32.2. The number of hydrazine groups is 1. The SMILES string of the molecule is Cc1ccccc1C(=O)NN1C(=O)/C(=C/c2cn(C)c3ccccc23)SC1=S. The van der Waals surface area contributed by atoms with Gasteiger partial charge in [0.1, 0.15) is 0 Å². The standard InChI is InChI=1S/C21H17N3O2S2/c1-13-7-3-4-8-15(13)19(25)22-24-20(26)18(28-21(24)27)11-14-12-23(2)17-10-6-5-9-16(14)17/h3-12H,1-2H3,(H,22,25)/b18-11-. The molecular formula is C21H17N3O2S2. The molecule has 2 amide bonds. The fourth-order valence-electron chi connectivity index (χ4n) is 3.18. The molecule has 7 heteroatoms. The summed E-state index contributed by atoms with van der Waals surface area (Å²) in [7, 11) is 1.97. The third-order valence-corrected chi connectivity index (χ3v) is 5.91. The van der Waals surface area contributed by atoms with E-state index in [4.69, 9.17) is 12.2 Å². The normalized spacial score (nSPS) is 15.6. The molecule has 1 fully saturated rings. The maximum absolute atomic E-state index is 12.8. The van der Waals surface area contributed by atoms with Crippen LogP contribution in [0.5, 0.6) is 0 Å². The van der Waals surface area contributed by atoms with E-state index in [2.05, 4.69) is 5.43 Å². The monoisotopic (exact) mass is 407 g/mol. The molecule has 28 heavy (non-hydrogen) atoms. The number of hydrogen-bond acceptors (Lipinski definition) is 4. The number of aromatic nitrogens is 1. The van der Waals surface area contributed by atoms with Crippen molar-refractivity contribution in [1.29, 1.82) is 0 Å². The zero-order valence-electron chi connectivity index (χ0n) is 15.3. The van der Waals surface area contributed by atoms with E-state index < -0.39 is 0 Å². The minimum absolute atomic E-state index is 0.304. The summed E-state index contributed by atoms with van der Waals surface area (Å²) in [5.74, 6) is -0.689. The summed E-state index contributed by atoms with van der Waals surface area (Å²) in [6.07, 6.45) is 3.80. The van der Waals surface area contributed by atoms with Gasteiger partial charge in [-0.2, -0.15) is 5.01 Å². The number of amides is 2. The number of nitrogens with zero attached hydrogens (tertiary/aromatic N) is 2. The average molecular weight is 408 g/mol. The van der Waals surface area contributed by atoms with Crippen LogP contribution in [-0.4, -0.2) is 25.7 Å². The number of carbonyl (C=O) groups is 2. The Labute approximate surface area is 172 Å². The molecule has 2 heterocycles. The number of rotatable bonds is 3. The van der Waals surface area contributed by atoms with Crippen LogP contribution in [0.25, 0.3) is 17.0 Å². The molecule has 1 aliphatic heterocycles. The molecule has 0 atom stereocenters. The summed E-state index contributed by atoms with van der Waals surface area (Å²) in [6.45, 7) is 1.85. The van der Waals surface area contributed by atoms with E-state index in [1.807, 2.05) is 67.2 Å². The largest absolute Gasteiger partial charge is 0.350 e. The highest BCUT2D eigenvalue weighted by Gasteiger charge is 2.34. The van der Waals surface area contributed by atoms with Crippen molar-refractivity contribution >= 4 is 57.1 Å². The Morgan fingerprint density at radius 3 is 2.64 bits per heavy atom. The number of aryl methyl sites for hydroxylation is 2. The predicted octanol–water partition coefficient (Wildman–Crippen LogP) is 4.03. The molecule has 0 radical (unpaired) electrons. The number of nitrogens with one attached hydrogen (secondary N) is 1. The van der Waals surface area contributed by atoms with Gasteiger partial charge >= 0.3 is 0 Å². The molecule has 0 spiro atoms. The summed E-state index contributed by atoms with van der Waals surface area (Å²) >= 11 is 6.50. The molecule has 3 aromatic rings. The van der Waals surface area contributed by atoms with E-state index in [1.54, 1.807) is 12.1 Å². The Morgan fingerprint density at radius 1 is 1.14 bits per heavy atom. The number of hydrogen-bond donors (Lipinski definition) is 1. The molecule has 5 nitrogen and oxygen atoms in total. The van der Waals surface area contributed by atoms with Gasteiger partial charge in [-0.1, -0.05) is 48.2 Å². The third-order valence-electron chi connectivity index (χ3n) is 4.61. The predicted molar refractivity (Wildman–Crippen MR) is 117 cm³/mol. The van der Waals surface area contributed by atoms with Crippen LogP contribution in [0.4, 0.5) is 0 Å². The fraction of sp³-hybridized carbons (Fsp3) is 0.0952. The van der Waals surface area contributed by atoms with E-state index in [9.17, 15) is 9.59 Å². The first-order valence-corrected chi connectivity index (χ1v) is 9.87. The van der Waals surface area contributed by atoms with Gasteiger partial charge in [-0.15, -0.1) is 0 Å². The molecule has 1 aliphatic rings. The van der Waals surface area contributed by atoms with Crippen LogP contribution < -0.4 is 5.43 Å². The third kappa shape index (κ3) is 3.23. The van der Waals surface area contributed by atoms with E-state index in [0.29, 0.717) is 14.8 Å². The number of benzene rings is 2. The minimum Gasteiger partial charge on any atom is -0.350 e. The topological polar surface area (TPSA) is 54.3 Å². The van der Waals surface area contributed by atoms with E-state index >= 15 is 0 Å². The first-order valence-electron chi connectivity index (χ1n) is 8.64. The molecular weight excluding hydrogens is 390 g/mol. The number of thioether (sulfide) groups is 1. The van der Waals surface area contributed by atoms with Gasteiger partial charge in [0.05, 0.1) is 4.91 Å². The van der Waals surface area contributed by atoms with E-state index in [0.717, 1.165) is 27.0 Å². The maximum Gasteiger partial charge on any atom is 0.285 e. The first kappa shape index (κ1) is 18.5. The van der Waals surface area contributed by atoms with Gasteiger partial charge in [-0.05, 0) is 42.9 Å². The van der Waals surface area contributed by atoms with Gasteiger partial charge < -0.3 is 4.57 Å². The number of thiocarbonyl (C=S) groups is 1. The van der Waals surface area contributed by atoms with E-state index in [-0.39, 0.29) is 11.8 Å². The van der Waals surface area contributed by atoms with Crippen LogP contribution in [0.2, 0.25) is 0 Å². The van der Waals surface area contributed by atoms with Crippen LogP contribution in [0.15, 0.2) is 59.6 Å². The lowest BCUT2D eigenvalue weighted by atomic mass is 10.1. The van der Waals surface area contributed by atoms with Gasteiger partial charge in [0.15, 0.2) is 4.32 Å². The molecule has 4 rings (SSSR count). The van der Waals surface area contributed by atoms with Crippen LogP contribution in [0, 0.1) is 6.92 Å². The molecule has 140 valence electrons. The Balaban J connectivity index is 1.61. The van der Waals surface area contributed by atoms with Crippen LogP contribution in [0.3, 0.4) is 0 Å². The zero-order valence-corrected chi connectivity index (χ0v) is 16.9. The van der Waals surface area contributed by atoms with Gasteiger partial charge in [0, 0.05) is 35.3 Å². The highest BCUT2D eigenvalue weighted by Crippen LogP contribution is 2.33. The van der Waals surface area contributed by atoms with Gasteiger partial charge in [-0.25, -0.2) is 0 Å². The molecule has 0 unspecified atom stereocenters. The summed E-state index contributed by atoms with van der Waals surface area (Å²) < 4.78 is 2.32. The maximum atomic E-state index is 12.8. The number of para-hydroxylation sites is 1. The minimum atomic E-state index is -0.360. The summed E-state index contributed by atoms with van der Waals surface area (Å²) in [5, 5.41) is 2.20. The second-order valence-corrected chi connectivity index (χ2v) is 8.16. The molecule has 0 aliphatic carbocycles. The van der Waals surface area contributed by atoms with Gasteiger partial charge in [0.2, 0.25) is 0 Å². The van der Waals surface area contributed by atoms with Crippen molar-refractivity contribution in [3.63, 3.8) is 0 Å². The second kappa shape index (κ2) is 7.26. The average Bonchev–Trinajstić information content (AvgIpc) is 3.14. The van der Waals surface area contributed by atoms with Gasteiger partial charge in [-0.3, -0.25) is 15.0 Å².